The molecule has 0 spiro atoms. The molecule has 1 aliphatic rings. The predicted octanol–water partition coefficient (Wildman–Crippen LogP) is 4.24. The van der Waals surface area contributed by atoms with Crippen LogP contribution in [-0.4, -0.2) is 29.5 Å². The van der Waals surface area contributed by atoms with E-state index in [-0.39, 0.29) is 6.10 Å². The largest absolute Gasteiger partial charge is 0.479 e. The maximum Gasteiger partial charge on any atom is 0.333 e. The first kappa shape index (κ1) is 18.4. The van der Waals surface area contributed by atoms with Gasteiger partial charge in [-0.2, -0.15) is 0 Å². The second kappa shape index (κ2) is 8.34. The number of halogens is 1. The fourth-order valence-corrected chi connectivity index (χ4v) is 3.14. The Kier molecular flexibility index (Phi) is 5.91. The van der Waals surface area contributed by atoms with Crippen LogP contribution in [0.4, 0.5) is 0 Å². The van der Waals surface area contributed by atoms with Crippen molar-refractivity contribution in [1.82, 2.24) is 0 Å². The van der Waals surface area contributed by atoms with E-state index in [1.807, 2.05) is 48.5 Å². The van der Waals surface area contributed by atoms with Crippen molar-refractivity contribution in [2.24, 2.45) is 5.16 Å². The summed E-state index contributed by atoms with van der Waals surface area (Å²) in [5.74, 6) is -0.959. The number of ether oxygens (including phenoxy) is 1. The van der Waals surface area contributed by atoms with Crippen molar-refractivity contribution in [1.29, 1.82) is 0 Å². The topological polar surface area (TPSA) is 68.1 Å². The maximum absolute atomic E-state index is 11.3. The predicted molar refractivity (Wildman–Crippen MR) is 99.6 cm³/mol. The Balaban J connectivity index is 1.71. The molecule has 1 unspecified atom stereocenters. The standard InChI is InChI=1S/C20H20ClNO4/c1-2-25-19(20(23)24)10-13-5-3-6-14(9-13)17-12-18(26-22-17)15-7-4-8-16(21)11-15/h3-9,11,18-19H,2,10,12H2,1H3,(H,23,24)/t18?,19-/m1/s1. The van der Waals surface area contributed by atoms with E-state index in [2.05, 4.69) is 5.16 Å². The molecule has 0 bridgehead atoms. The van der Waals surface area contributed by atoms with Crippen LogP contribution in [0.15, 0.2) is 53.7 Å². The van der Waals surface area contributed by atoms with Gasteiger partial charge in [-0.3, -0.25) is 0 Å². The first-order chi connectivity index (χ1) is 12.6. The van der Waals surface area contributed by atoms with Crippen LogP contribution in [-0.2, 0) is 20.8 Å². The van der Waals surface area contributed by atoms with Gasteiger partial charge >= 0.3 is 5.97 Å². The number of carbonyl (C=O) groups is 1. The van der Waals surface area contributed by atoms with E-state index in [4.69, 9.17) is 21.2 Å². The quantitative estimate of drug-likeness (QED) is 0.788. The number of carboxylic acids is 1. The second-order valence-electron chi connectivity index (χ2n) is 6.08. The minimum Gasteiger partial charge on any atom is -0.479 e. The van der Waals surface area contributed by atoms with Crippen LogP contribution in [0.5, 0.6) is 0 Å². The second-order valence-corrected chi connectivity index (χ2v) is 6.51. The summed E-state index contributed by atoms with van der Waals surface area (Å²) in [5, 5.41) is 14.1. The lowest BCUT2D eigenvalue weighted by Gasteiger charge is -2.13. The molecule has 2 atom stereocenters. The van der Waals surface area contributed by atoms with Crippen molar-refractivity contribution in [2.75, 3.05) is 6.61 Å². The Morgan fingerprint density at radius 2 is 2.15 bits per heavy atom. The van der Waals surface area contributed by atoms with Gasteiger partial charge in [0.2, 0.25) is 0 Å². The lowest BCUT2D eigenvalue weighted by Crippen LogP contribution is -2.26. The minimum atomic E-state index is -0.959. The number of carboxylic acid groups (broad SMARTS) is 1. The summed E-state index contributed by atoms with van der Waals surface area (Å²) in [7, 11) is 0. The third kappa shape index (κ3) is 4.42. The van der Waals surface area contributed by atoms with E-state index in [1.54, 1.807) is 6.92 Å². The van der Waals surface area contributed by atoms with Gasteiger partial charge in [-0.05, 0) is 41.8 Å². The average Bonchev–Trinajstić information content (AvgIpc) is 3.12. The zero-order valence-electron chi connectivity index (χ0n) is 14.4. The highest BCUT2D eigenvalue weighted by Crippen LogP contribution is 2.31. The van der Waals surface area contributed by atoms with Crippen molar-refractivity contribution >= 4 is 23.3 Å². The number of hydrogen-bond donors (Lipinski definition) is 1. The molecule has 5 nitrogen and oxygen atoms in total. The van der Waals surface area contributed by atoms with E-state index in [0.29, 0.717) is 24.5 Å². The van der Waals surface area contributed by atoms with Crippen molar-refractivity contribution in [3.63, 3.8) is 0 Å². The molecule has 0 aliphatic carbocycles. The summed E-state index contributed by atoms with van der Waals surface area (Å²) in [6, 6.07) is 15.2. The van der Waals surface area contributed by atoms with E-state index in [9.17, 15) is 9.90 Å². The number of benzene rings is 2. The van der Waals surface area contributed by atoms with Gasteiger partial charge in [0, 0.05) is 24.5 Å². The molecular formula is C20H20ClNO4. The Morgan fingerprint density at radius 3 is 2.88 bits per heavy atom. The van der Waals surface area contributed by atoms with Crippen LogP contribution in [0, 0.1) is 0 Å². The molecule has 0 aromatic heterocycles. The fraction of sp³-hybridized carbons (Fsp3) is 0.300. The molecular weight excluding hydrogens is 354 g/mol. The van der Waals surface area contributed by atoms with E-state index >= 15 is 0 Å². The smallest absolute Gasteiger partial charge is 0.333 e. The number of oxime groups is 1. The summed E-state index contributed by atoms with van der Waals surface area (Å²) >= 11 is 6.04. The highest BCUT2D eigenvalue weighted by molar-refractivity contribution is 6.30. The van der Waals surface area contributed by atoms with Gasteiger partial charge in [-0.25, -0.2) is 4.79 Å². The normalized spacial score (nSPS) is 17.5. The van der Waals surface area contributed by atoms with Crippen molar-refractivity contribution in [3.8, 4) is 0 Å². The van der Waals surface area contributed by atoms with Crippen LogP contribution in [0.2, 0.25) is 5.02 Å². The summed E-state index contributed by atoms with van der Waals surface area (Å²) in [5.41, 5.74) is 3.62. The van der Waals surface area contributed by atoms with Crippen molar-refractivity contribution in [2.45, 2.75) is 32.0 Å². The van der Waals surface area contributed by atoms with Crippen LogP contribution < -0.4 is 0 Å². The lowest BCUT2D eigenvalue weighted by molar-refractivity contribution is -0.149. The Labute approximate surface area is 157 Å². The molecule has 1 heterocycles. The first-order valence-electron chi connectivity index (χ1n) is 8.48. The van der Waals surface area contributed by atoms with Gasteiger partial charge in [-0.1, -0.05) is 47.1 Å². The SMILES string of the molecule is CCO[C@H](Cc1cccc(C2=NOC(c3cccc(Cl)c3)C2)c1)C(=O)O. The van der Waals surface area contributed by atoms with Crippen LogP contribution in [0.1, 0.15) is 36.1 Å². The maximum atomic E-state index is 11.3. The molecule has 0 saturated heterocycles. The molecule has 0 saturated carbocycles. The highest BCUT2D eigenvalue weighted by Gasteiger charge is 2.25. The molecule has 0 amide bonds. The molecule has 3 rings (SSSR count). The van der Waals surface area contributed by atoms with Gasteiger partial charge < -0.3 is 14.7 Å². The Hall–Kier alpha value is -2.37. The molecule has 26 heavy (non-hydrogen) atoms. The number of nitrogens with zero attached hydrogens (tertiary/aromatic N) is 1. The fourth-order valence-electron chi connectivity index (χ4n) is 2.94. The highest BCUT2D eigenvalue weighted by atomic mass is 35.5. The van der Waals surface area contributed by atoms with Gasteiger partial charge in [0.1, 0.15) is 0 Å². The Morgan fingerprint density at radius 1 is 1.35 bits per heavy atom. The molecule has 2 aromatic carbocycles. The van der Waals surface area contributed by atoms with Gasteiger partial charge in [0.05, 0.1) is 5.71 Å². The molecule has 2 aromatic rings. The van der Waals surface area contributed by atoms with Crippen LogP contribution in [0.25, 0.3) is 0 Å². The summed E-state index contributed by atoms with van der Waals surface area (Å²) in [4.78, 5) is 16.9. The number of hydrogen-bond acceptors (Lipinski definition) is 4. The van der Waals surface area contributed by atoms with Gasteiger partial charge in [0.15, 0.2) is 12.2 Å². The summed E-state index contributed by atoms with van der Waals surface area (Å²) in [6.07, 6.45) is -0.0701. The zero-order valence-corrected chi connectivity index (χ0v) is 15.1. The monoisotopic (exact) mass is 373 g/mol. The van der Waals surface area contributed by atoms with Gasteiger partial charge in [-0.15, -0.1) is 0 Å². The van der Waals surface area contributed by atoms with Crippen molar-refractivity contribution < 1.29 is 19.5 Å². The molecule has 136 valence electrons. The van der Waals surface area contributed by atoms with E-state index in [1.165, 1.54) is 0 Å². The lowest BCUT2D eigenvalue weighted by atomic mass is 9.97. The molecule has 1 aliphatic heterocycles. The van der Waals surface area contributed by atoms with Gasteiger partial charge in [0.25, 0.3) is 0 Å². The Bertz CT molecular complexity index is 821. The number of rotatable bonds is 7. The summed E-state index contributed by atoms with van der Waals surface area (Å²) < 4.78 is 5.29. The number of aliphatic carboxylic acids is 1. The minimum absolute atomic E-state index is 0.164. The van der Waals surface area contributed by atoms with E-state index in [0.717, 1.165) is 22.4 Å². The average molecular weight is 374 g/mol. The zero-order chi connectivity index (χ0) is 18.5. The molecule has 0 radical (unpaired) electrons. The van der Waals surface area contributed by atoms with Crippen molar-refractivity contribution in [3.05, 3.63) is 70.2 Å². The third-order valence-electron chi connectivity index (χ3n) is 4.21. The third-order valence-corrected chi connectivity index (χ3v) is 4.45. The molecule has 1 N–H and O–H groups in total. The molecule has 0 fully saturated rings. The van der Waals surface area contributed by atoms with Crippen LogP contribution in [0.3, 0.4) is 0 Å². The summed E-state index contributed by atoms with van der Waals surface area (Å²) in [6.45, 7) is 2.14. The van der Waals surface area contributed by atoms with Crippen LogP contribution >= 0.6 is 11.6 Å². The first-order valence-corrected chi connectivity index (χ1v) is 8.86. The molecule has 6 heteroatoms. The van der Waals surface area contributed by atoms with E-state index < -0.39 is 12.1 Å².